The topological polar surface area (TPSA) is 84.9 Å². The summed E-state index contributed by atoms with van der Waals surface area (Å²) in [5.74, 6) is 0.343. The van der Waals surface area contributed by atoms with Gasteiger partial charge in [0.05, 0.1) is 18.1 Å². The summed E-state index contributed by atoms with van der Waals surface area (Å²) in [5.41, 5.74) is 0.446. The number of nitrogens with zero attached hydrogens (tertiary/aromatic N) is 1. The van der Waals surface area contributed by atoms with E-state index in [0.29, 0.717) is 57.4 Å². The van der Waals surface area contributed by atoms with Gasteiger partial charge in [-0.05, 0) is 49.4 Å². The minimum atomic E-state index is -3.49. The van der Waals surface area contributed by atoms with Crippen molar-refractivity contribution in [1.29, 1.82) is 0 Å². The van der Waals surface area contributed by atoms with Gasteiger partial charge in [-0.1, -0.05) is 6.92 Å². The van der Waals surface area contributed by atoms with Crippen LogP contribution in [-0.4, -0.2) is 65.2 Å². The zero-order valence-electron chi connectivity index (χ0n) is 16.1. The van der Waals surface area contributed by atoms with Crippen LogP contribution in [0.15, 0.2) is 29.2 Å². The summed E-state index contributed by atoms with van der Waals surface area (Å²) in [5, 5.41) is 2.81. The molecule has 1 aliphatic heterocycles. The second-order valence-corrected chi connectivity index (χ2v) is 8.76. The first-order valence-corrected chi connectivity index (χ1v) is 10.8. The maximum absolute atomic E-state index is 12.7. The Bertz CT molecular complexity index is 683. The van der Waals surface area contributed by atoms with Gasteiger partial charge in [0, 0.05) is 38.9 Å². The van der Waals surface area contributed by atoms with E-state index in [1.165, 1.54) is 16.4 Å². The second kappa shape index (κ2) is 10.8. The molecule has 8 heteroatoms. The van der Waals surface area contributed by atoms with Crippen LogP contribution < -0.4 is 5.32 Å². The maximum atomic E-state index is 12.7. The molecular formula is C19H30N2O5S. The third kappa shape index (κ3) is 6.57. The summed E-state index contributed by atoms with van der Waals surface area (Å²) in [4.78, 5) is 12.4. The fraction of sp³-hybridized carbons (Fsp3) is 0.632. The SMILES string of the molecule is COCCOCCCNC(=O)c1ccc(S(=O)(=O)N2CCC(C)CC2)cc1. The van der Waals surface area contributed by atoms with E-state index in [0.717, 1.165) is 12.8 Å². The van der Waals surface area contributed by atoms with Crippen LogP contribution >= 0.6 is 0 Å². The summed E-state index contributed by atoms with van der Waals surface area (Å²) >= 11 is 0. The standard InChI is InChI=1S/C19H30N2O5S/c1-16-8-11-21(12-9-16)27(23,24)18-6-4-17(5-7-18)19(22)20-10-3-13-26-15-14-25-2/h4-7,16H,3,8-15H2,1-2H3,(H,20,22). The van der Waals surface area contributed by atoms with Crippen LogP contribution in [0.25, 0.3) is 0 Å². The molecule has 7 nitrogen and oxygen atoms in total. The number of carbonyl (C=O) groups is 1. The summed E-state index contributed by atoms with van der Waals surface area (Å²) in [6.07, 6.45) is 2.47. The fourth-order valence-electron chi connectivity index (χ4n) is 2.88. The monoisotopic (exact) mass is 398 g/mol. The Labute approximate surface area is 162 Å². The number of amides is 1. The first-order valence-electron chi connectivity index (χ1n) is 9.40. The molecule has 27 heavy (non-hydrogen) atoms. The molecule has 1 aromatic carbocycles. The Morgan fingerprint density at radius 3 is 2.44 bits per heavy atom. The minimum absolute atomic E-state index is 0.220. The van der Waals surface area contributed by atoms with Gasteiger partial charge in [-0.2, -0.15) is 4.31 Å². The number of rotatable bonds is 10. The smallest absolute Gasteiger partial charge is 0.251 e. The van der Waals surface area contributed by atoms with Gasteiger partial charge < -0.3 is 14.8 Å². The Hall–Kier alpha value is -1.48. The molecule has 0 radical (unpaired) electrons. The highest BCUT2D eigenvalue weighted by Crippen LogP contribution is 2.23. The van der Waals surface area contributed by atoms with Crippen molar-refractivity contribution in [3.63, 3.8) is 0 Å². The van der Waals surface area contributed by atoms with Gasteiger partial charge in [-0.25, -0.2) is 8.42 Å². The van der Waals surface area contributed by atoms with Gasteiger partial charge in [0.25, 0.3) is 5.91 Å². The molecular weight excluding hydrogens is 368 g/mol. The van der Waals surface area contributed by atoms with E-state index in [9.17, 15) is 13.2 Å². The summed E-state index contributed by atoms with van der Waals surface area (Å²) in [6.45, 7) is 5.39. The van der Waals surface area contributed by atoms with Crippen LogP contribution in [0, 0.1) is 5.92 Å². The van der Waals surface area contributed by atoms with Crippen LogP contribution in [0.2, 0.25) is 0 Å². The van der Waals surface area contributed by atoms with E-state index in [2.05, 4.69) is 12.2 Å². The molecule has 1 saturated heterocycles. The summed E-state index contributed by atoms with van der Waals surface area (Å²) in [6, 6.07) is 6.14. The molecule has 152 valence electrons. The molecule has 1 fully saturated rings. The maximum Gasteiger partial charge on any atom is 0.251 e. The third-order valence-electron chi connectivity index (χ3n) is 4.68. The van der Waals surface area contributed by atoms with E-state index in [1.807, 2.05) is 0 Å². The predicted octanol–water partition coefficient (Wildman–Crippen LogP) is 1.89. The first kappa shape index (κ1) is 21.8. The zero-order chi connectivity index (χ0) is 19.7. The van der Waals surface area contributed by atoms with Crippen LogP contribution in [-0.2, 0) is 19.5 Å². The fourth-order valence-corrected chi connectivity index (χ4v) is 4.34. The lowest BCUT2D eigenvalue weighted by Gasteiger charge is -2.29. The predicted molar refractivity (Wildman–Crippen MR) is 103 cm³/mol. The van der Waals surface area contributed by atoms with Crippen molar-refractivity contribution in [3.05, 3.63) is 29.8 Å². The number of ether oxygens (including phenoxy) is 2. The molecule has 0 bridgehead atoms. The van der Waals surface area contributed by atoms with Crippen molar-refractivity contribution < 1.29 is 22.7 Å². The van der Waals surface area contributed by atoms with Gasteiger partial charge >= 0.3 is 0 Å². The number of hydrogen-bond donors (Lipinski definition) is 1. The van der Waals surface area contributed by atoms with Gasteiger partial charge in [0.2, 0.25) is 10.0 Å². The van der Waals surface area contributed by atoms with Crippen LogP contribution in [0.1, 0.15) is 36.5 Å². The number of sulfonamides is 1. The third-order valence-corrected chi connectivity index (χ3v) is 6.59. The molecule has 0 aliphatic carbocycles. The molecule has 0 aromatic heterocycles. The average Bonchev–Trinajstić information content (AvgIpc) is 2.67. The van der Waals surface area contributed by atoms with Crippen LogP contribution in [0.3, 0.4) is 0 Å². The van der Waals surface area contributed by atoms with Gasteiger partial charge in [-0.3, -0.25) is 4.79 Å². The second-order valence-electron chi connectivity index (χ2n) is 6.83. The first-order chi connectivity index (χ1) is 12.9. The van der Waals surface area contributed by atoms with Crippen molar-refractivity contribution >= 4 is 15.9 Å². The normalized spacial score (nSPS) is 16.4. The molecule has 0 saturated carbocycles. The van der Waals surface area contributed by atoms with Crippen molar-refractivity contribution in [2.75, 3.05) is 46.6 Å². The molecule has 1 aliphatic rings. The molecule has 1 amide bonds. The van der Waals surface area contributed by atoms with Gasteiger partial charge in [0.15, 0.2) is 0 Å². The highest BCUT2D eigenvalue weighted by molar-refractivity contribution is 7.89. The molecule has 1 N–H and O–H groups in total. The highest BCUT2D eigenvalue weighted by atomic mass is 32.2. The summed E-state index contributed by atoms with van der Waals surface area (Å²) < 4.78 is 37.1. The van der Waals surface area contributed by atoms with Crippen molar-refractivity contribution in [3.8, 4) is 0 Å². The molecule has 0 atom stereocenters. The number of piperidine rings is 1. The van der Waals surface area contributed by atoms with Crippen molar-refractivity contribution in [2.45, 2.75) is 31.1 Å². The van der Waals surface area contributed by atoms with E-state index >= 15 is 0 Å². The molecule has 0 spiro atoms. The van der Waals surface area contributed by atoms with Crippen LogP contribution in [0.5, 0.6) is 0 Å². The quantitative estimate of drug-likeness (QED) is 0.609. The minimum Gasteiger partial charge on any atom is -0.382 e. The zero-order valence-corrected chi connectivity index (χ0v) is 17.0. The van der Waals surface area contributed by atoms with E-state index < -0.39 is 10.0 Å². The number of benzene rings is 1. The number of nitrogens with one attached hydrogen (secondary N) is 1. The van der Waals surface area contributed by atoms with Crippen LogP contribution in [0.4, 0.5) is 0 Å². The molecule has 2 rings (SSSR count). The number of carbonyl (C=O) groups excluding carboxylic acids is 1. The van der Waals surface area contributed by atoms with E-state index in [-0.39, 0.29) is 10.8 Å². The Morgan fingerprint density at radius 1 is 1.15 bits per heavy atom. The van der Waals surface area contributed by atoms with Crippen molar-refractivity contribution in [1.82, 2.24) is 9.62 Å². The lowest BCUT2D eigenvalue weighted by molar-refractivity contribution is 0.0688. The molecule has 1 aromatic rings. The van der Waals surface area contributed by atoms with Gasteiger partial charge in [-0.15, -0.1) is 0 Å². The van der Waals surface area contributed by atoms with E-state index in [1.54, 1.807) is 19.2 Å². The lowest BCUT2D eigenvalue weighted by Crippen LogP contribution is -2.37. The largest absolute Gasteiger partial charge is 0.382 e. The number of methoxy groups -OCH3 is 1. The molecule has 0 unspecified atom stereocenters. The van der Waals surface area contributed by atoms with Gasteiger partial charge in [0.1, 0.15) is 0 Å². The lowest BCUT2D eigenvalue weighted by atomic mass is 10.0. The Balaban J connectivity index is 1.82. The van der Waals surface area contributed by atoms with Crippen molar-refractivity contribution in [2.24, 2.45) is 5.92 Å². The number of hydrogen-bond acceptors (Lipinski definition) is 5. The van der Waals surface area contributed by atoms with E-state index in [4.69, 9.17) is 9.47 Å². The Morgan fingerprint density at radius 2 is 1.81 bits per heavy atom. The summed E-state index contributed by atoms with van der Waals surface area (Å²) in [7, 11) is -1.87. The molecule has 1 heterocycles. The average molecular weight is 399 g/mol. The highest BCUT2D eigenvalue weighted by Gasteiger charge is 2.28. The Kier molecular flexibility index (Phi) is 8.69.